The molecule has 0 spiro atoms. The maximum absolute atomic E-state index is 13.5. The van der Waals surface area contributed by atoms with Crippen LogP contribution in [0.25, 0.3) is 10.9 Å². The number of aromatic hydroxyl groups is 1. The molecule has 0 aliphatic carbocycles. The lowest BCUT2D eigenvalue weighted by Crippen LogP contribution is -2.35. The summed E-state index contributed by atoms with van der Waals surface area (Å²) in [4.78, 5) is 43.7. The number of ketones is 1. The maximum atomic E-state index is 13.5. The highest BCUT2D eigenvalue weighted by molar-refractivity contribution is 6.00. The minimum absolute atomic E-state index is 0.102. The Morgan fingerprint density at radius 2 is 1.69 bits per heavy atom. The second-order valence-corrected chi connectivity index (χ2v) is 8.75. The number of aromatic nitrogens is 2. The van der Waals surface area contributed by atoms with Crippen molar-refractivity contribution >= 4 is 16.7 Å². The summed E-state index contributed by atoms with van der Waals surface area (Å²) in [5.41, 5.74) is -0.210. The van der Waals surface area contributed by atoms with E-state index in [4.69, 9.17) is 18.6 Å². The van der Waals surface area contributed by atoms with Gasteiger partial charge in [0.2, 0.25) is 11.2 Å². The minimum atomic E-state index is -1.21. The normalized spacial score (nSPS) is 11.8. The third kappa shape index (κ3) is 5.48. The topological polar surface area (TPSA) is 142 Å². The third-order valence-electron chi connectivity index (χ3n) is 6.31. The summed E-state index contributed by atoms with van der Waals surface area (Å²) < 4.78 is 22.9. The van der Waals surface area contributed by atoms with Crippen molar-refractivity contribution in [2.24, 2.45) is 0 Å². The van der Waals surface area contributed by atoms with E-state index < -0.39 is 23.0 Å². The number of nitrogens with one attached hydrogen (secondary N) is 1. The molecule has 1 unspecified atom stereocenters. The molecular formula is C28H29N3O8. The molecule has 0 aliphatic heterocycles. The first-order valence-corrected chi connectivity index (χ1v) is 12.1. The average molecular weight is 536 g/mol. The first kappa shape index (κ1) is 27.4. The van der Waals surface area contributed by atoms with Crippen molar-refractivity contribution in [2.75, 3.05) is 27.9 Å². The molecule has 11 nitrogen and oxygen atoms in total. The Bertz CT molecular complexity index is 1640. The molecule has 0 saturated heterocycles. The highest BCUT2D eigenvalue weighted by Crippen LogP contribution is 2.30. The Hall–Kier alpha value is -4.64. The van der Waals surface area contributed by atoms with Crippen molar-refractivity contribution in [1.82, 2.24) is 14.9 Å². The first-order valence-electron chi connectivity index (χ1n) is 12.1. The number of Topliss-reactive ketones (excluding diaryl/α,β-unsaturated/α-hetero) is 1. The van der Waals surface area contributed by atoms with Crippen LogP contribution in [-0.2, 0) is 6.54 Å². The molecule has 0 saturated carbocycles. The van der Waals surface area contributed by atoms with Gasteiger partial charge in [0.05, 0.1) is 32.2 Å². The van der Waals surface area contributed by atoms with Crippen LogP contribution < -0.4 is 30.5 Å². The number of carbonyl (C=O) groups is 1. The lowest BCUT2D eigenvalue weighted by Gasteiger charge is -2.19. The number of aryl methyl sites for hydroxylation is 2. The summed E-state index contributed by atoms with van der Waals surface area (Å²) in [5, 5.41) is 13.9. The first-order chi connectivity index (χ1) is 18.7. The van der Waals surface area contributed by atoms with Crippen LogP contribution in [0.5, 0.6) is 23.0 Å². The van der Waals surface area contributed by atoms with Gasteiger partial charge in [-0.25, -0.2) is 4.98 Å². The van der Waals surface area contributed by atoms with Gasteiger partial charge in [-0.1, -0.05) is 0 Å². The van der Waals surface area contributed by atoms with Crippen LogP contribution in [0.3, 0.4) is 0 Å². The van der Waals surface area contributed by atoms with Gasteiger partial charge in [-0.05, 0) is 44.2 Å². The molecule has 1 atom stereocenters. The zero-order valence-electron chi connectivity index (χ0n) is 22.2. The number of nitrogens with zero attached hydrogens (tertiary/aromatic N) is 2. The summed E-state index contributed by atoms with van der Waals surface area (Å²) in [6.07, 6.45) is 0. The van der Waals surface area contributed by atoms with E-state index in [0.717, 1.165) is 6.07 Å². The molecule has 2 aromatic carbocycles. The van der Waals surface area contributed by atoms with E-state index in [2.05, 4.69) is 10.3 Å². The van der Waals surface area contributed by atoms with E-state index in [1.165, 1.54) is 25.9 Å². The molecule has 0 bridgehead atoms. The molecule has 4 aromatic rings. The molecule has 0 fully saturated rings. The molecular weight excluding hydrogens is 506 g/mol. The van der Waals surface area contributed by atoms with E-state index in [-0.39, 0.29) is 30.2 Å². The lowest BCUT2D eigenvalue weighted by atomic mass is 10.0. The smallest absolute Gasteiger partial charge is 0.261 e. The monoisotopic (exact) mass is 535 g/mol. The van der Waals surface area contributed by atoms with Gasteiger partial charge in [0.1, 0.15) is 23.4 Å². The summed E-state index contributed by atoms with van der Waals surface area (Å²) in [5.74, 6) is 0.776. The zero-order valence-corrected chi connectivity index (χ0v) is 22.2. The standard InChI is InChI=1S/C28H29N3O8/c1-15-12-21(32)26(34)27(39-15)24(25(33)17-6-8-18(36-3)9-7-17)29-10-11-31-16(2)30-20-14-23(38-5)22(37-4)13-19(20)28(31)35/h6-9,12-14,24,29,34H,10-11H2,1-5H3. The number of methoxy groups -OCH3 is 3. The van der Waals surface area contributed by atoms with Crippen molar-refractivity contribution in [3.05, 3.63) is 86.0 Å². The molecule has 2 heterocycles. The van der Waals surface area contributed by atoms with Crippen LogP contribution >= 0.6 is 0 Å². The van der Waals surface area contributed by atoms with E-state index in [9.17, 15) is 19.5 Å². The Balaban J connectivity index is 1.67. The molecule has 0 aliphatic rings. The predicted octanol–water partition coefficient (Wildman–Crippen LogP) is 2.91. The largest absolute Gasteiger partial charge is 0.502 e. The number of fused-ring (bicyclic) bond motifs is 1. The van der Waals surface area contributed by atoms with Crippen molar-refractivity contribution in [2.45, 2.75) is 26.4 Å². The summed E-state index contributed by atoms with van der Waals surface area (Å²) in [7, 11) is 4.49. The quantitative estimate of drug-likeness (QED) is 0.291. The molecule has 0 radical (unpaired) electrons. The van der Waals surface area contributed by atoms with E-state index in [1.807, 2.05) is 0 Å². The van der Waals surface area contributed by atoms with Gasteiger partial charge < -0.3 is 23.7 Å². The highest BCUT2D eigenvalue weighted by atomic mass is 16.5. The van der Waals surface area contributed by atoms with Crippen molar-refractivity contribution < 1.29 is 28.5 Å². The molecule has 39 heavy (non-hydrogen) atoms. The van der Waals surface area contributed by atoms with E-state index in [0.29, 0.717) is 39.5 Å². The Morgan fingerprint density at radius 3 is 2.33 bits per heavy atom. The van der Waals surface area contributed by atoms with Crippen LogP contribution in [0.4, 0.5) is 0 Å². The third-order valence-corrected chi connectivity index (χ3v) is 6.31. The second-order valence-electron chi connectivity index (χ2n) is 8.75. The van der Waals surface area contributed by atoms with Crippen LogP contribution in [0.15, 0.2) is 56.5 Å². The SMILES string of the molecule is COc1ccc(C(=O)C(NCCn2c(C)nc3cc(OC)c(OC)cc3c2=O)c2oc(C)cc(=O)c2O)cc1. The molecule has 2 aromatic heterocycles. The number of hydrogen-bond donors (Lipinski definition) is 2. The van der Waals surface area contributed by atoms with Gasteiger partial charge in [0.25, 0.3) is 5.56 Å². The van der Waals surface area contributed by atoms with Crippen LogP contribution in [0.1, 0.15) is 33.7 Å². The molecule has 11 heteroatoms. The molecule has 4 rings (SSSR count). The fourth-order valence-electron chi connectivity index (χ4n) is 4.29. The summed E-state index contributed by atoms with van der Waals surface area (Å²) >= 11 is 0. The number of hydrogen-bond acceptors (Lipinski definition) is 10. The van der Waals surface area contributed by atoms with Gasteiger partial charge in [-0.15, -0.1) is 0 Å². The number of rotatable bonds is 10. The molecule has 2 N–H and O–H groups in total. The number of carbonyl (C=O) groups excluding carboxylic acids is 1. The zero-order chi connectivity index (χ0) is 28.3. The fraction of sp³-hybridized carbons (Fsp3) is 0.286. The summed E-state index contributed by atoms with van der Waals surface area (Å²) in [6, 6.07) is 9.54. The minimum Gasteiger partial charge on any atom is -0.502 e. The Morgan fingerprint density at radius 1 is 1.03 bits per heavy atom. The molecule has 0 amide bonds. The van der Waals surface area contributed by atoms with Crippen molar-refractivity contribution in [3.63, 3.8) is 0 Å². The van der Waals surface area contributed by atoms with Gasteiger partial charge in [-0.2, -0.15) is 0 Å². The van der Waals surface area contributed by atoms with Gasteiger partial charge in [0, 0.05) is 30.8 Å². The van der Waals surface area contributed by atoms with Gasteiger partial charge in [-0.3, -0.25) is 24.3 Å². The predicted molar refractivity (Wildman–Crippen MR) is 143 cm³/mol. The van der Waals surface area contributed by atoms with E-state index >= 15 is 0 Å². The number of benzene rings is 2. The second kappa shape index (κ2) is 11.4. The average Bonchev–Trinajstić information content (AvgIpc) is 2.93. The Kier molecular flexibility index (Phi) is 8.01. The van der Waals surface area contributed by atoms with E-state index in [1.54, 1.807) is 50.2 Å². The van der Waals surface area contributed by atoms with Crippen LogP contribution in [0, 0.1) is 13.8 Å². The van der Waals surface area contributed by atoms with Gasteiger partial charge in [0.15, 0.2) is 23.0 Å². The highest BCUT2D eigenvalue weighted by Gasteiger charge is 2.29. The van der Waals surface area contributed by atoms with Gasteiger partial charge >= 0.3 is 0 Å². The van der Waals surface area contributed by atoms with Crippen molar-refractivity contribution in [1.29, 1.82) is 0 Å². The fourth-order valence-corrected chi connectivity index (χ4v) is 4.29. The van der Waals surface area contributed by atoms with Crippen LogP contribution in [0.2, 0.25) is 0 Å². The summed E-state index contributed by atoms with van der Waals surface area (Å²) in [6.45, 7) is 3.48. The molecule has 204 valence electrons. The lowest BCUT2D eigenvalue weighted by molar-refractivity contribution is 0.0925. The number of ether oxygens (including phenoxy) is 3. The van der Waals surface area contributed by atoms with Crippen molar-refractivity contribution in [3.8, 4) is 23.0 Å². The van der Waals surface area contributed by atoms with Crippen LogP contribution in [-0.4, -0.2) is 48.3 Å². The maximum Gasteiger partial charge on any atom is 0.261 e. The Labute approximate surface area is 223 Å².